The van der Waals surface area contributed by atoms with Crippen LogP contribution in [0.5, 0.6) is 0 Å². The number of piperidine rings is 1. The van der Waals surface area contributed by atoms with Crippen LogP contribution in [-0.2, 0) is 4.74 Å². The summed E-state index contributed by atoms with van der Waals surface area (Å²) >= 11 is 12.6. The van der Waals surface area contributed by atoms with Gasteiger partial charge in [-0.05, 0) is 30.7 Å². The van der Waals surface area contributed by atoms with Gasteiger partial charge in [0.2, 0.25) is 0 Å². The second kappa shape index (κ2) is 6.76. The summed E-state index contributed by atoms with van der Waals surface area (Å²) in [5.41, 5.74) is 8.64. The zero-order valence-electron chi connectivity index (χ0n) is 15.2. The van der Waals surface area contributed by atoms with Gasteiger partial charge in [-0.1, -0.05) is 35.3 Å². The van der Waals surface area contributed by atoms with Crippen LogP contribution in [-0.4, -0.2) is 45.9 Å². The van der Waals surface area contributed by atoms with E-state index in [1.165, 1.54) is 6.33 Å². The third kappa shape index (κ3) is 2.80. The van der Waals surface area contributed by atoms with Crippen LogP contribution in [0.4, 0.5) is 11.6 Å². The molecule has 4 heterocycles. The van der Waals surface area contributed by atoms with E-state index < -0.39 is 0 Å². The van der Waals surface area contributed by atoms with Crippen LogP contribution in [0.15, 0.2) is 24.5 Å². The summed E-state index contributed by atoms with van der Waals surface area (Å²) < 4.78 is 7.34. The largest absolute Gasteiger partial charge is 0.382 e. The Morgan fingerprint density at radius 3 is 2.71 bits per heavy atom. The van der Waals surface area contributed by atoms with Crippen molar-refractivity contribution in [1.29, 1.82) is 0 Å². The normalized spacial score (nSPS) is 19.0. The first-order valence-corrected chi connectivity index (χ1v) is 10.1. The van der Waals surface area contributed by atoms with Crippen molar-refractivity contribution >= 4 is 40.5 Å². The molecule has 5 rings (SSSR count). The van der Waals surface area contributed by atoms with Crippen molar-refractivity contribution in [3.8, 4) is 11.3 Å². The molecule has 2 fully saturated rings. The Bertz CT molecular complexity index is 1040. The number of anilines is 2. The highest BCUT2D eigenvalue weighted by Crippen LogP contribution is 2.41. The third-order valence-corrected chi connectivity index (χ3v) is 6.76. The highest BCUT2D eigenvalue weighted by Gasteiger charge is 2.39. The number of aromatic nitrogens is 4. The van der Waals surface area contributed by atoms with Crippen molar-refractivity contribution in [2.75, 3.05) is 36.9 Å². The summed E-state index contributed by atoms with van der Waals surface area (Å²) in [5.74, 6) is 1.10. The maximum absolute atomic E-state index is 6.43. The molecule has 0 amide bonds. The average molecular weight is 419 g/mol. The van der Waals surface area contributed by atoms with E-state index in [4.69, 9.17) is 38.7 Å². The lowest BCUT2D eigenvalue weighted by Gasteiger charge is -2.38. The van der Waals surface area contributed by atoms with Crippen LogP contribution in [0.3, 0.4) is 0 Å². The number of nitrogens with zero attached hydrogens (tertiary/aromatic N) is 5. The van der Waals surface area contributed by atoms with E-state index in [0.717, 1.165) is 51.4 Å². The summed E-state index contributed by atoms with van der Waals surface area (Å²) in [6.07, 6.45) is 4.81. The van der Waals surface area contributed by atoms with Gasteiger partial charge < -0.3 is 15.4 Å². The Labute approximate surface area is 172 Å². The molecule has 0 atom stereocenters. The van der Waals surface area contributed by atoms with Crippen LogP contribution in [0, 0.1) is 5.41 Å². The van der Waals surface area contributed by atoms with Crippen LogP contribution < -0.4 is 10.6 Å². The van der Waals surface area contributed by atoms with Crippen LogP contribution in [0.2, 0.25) is 10.0 Å². The number of nitrogen functional groups attached to an aromatic ring is 1. The Morgan fingerprint density at radius 1 is 1.14 bits per heavy atom. The predicted molar refractivity (Wildman–Crippen MR) is 110 cm³/mol. The molecule has 0 unspecified atom stereocenters. The Kier molecular flexibility index (Phi) is 4.34. The molecule has 0 bridgehead atoms. The molecule has 146 valence electrons. The fourth-order valence-electron chi connectivity index (χ4n) is 4.27. The number of ether oxygens (including phenoxy) is 1. The zero-order chi connectivity index (χ0) is 19.3. The number of rotatable bonds is 2. The standard InChI is InChI=1S/C19H20Cl2N6O/c20-13-3-1-2-12(14(13)21)15-16(22)25-18(17-23-11-24-27(15)17)26-7-4-19(5-8-26)6-9-28-10-19/h1-3,11H,4-10,22H2. The van der Waals surface area contributed by atoms with E-state index in [1.54, 1.807) is 10.6 Å². The number of hydrogen-bond acceptors (Lipinski definition) is 6. The van der Waals surface area contributed by atoms with Gasteiger partial charge in [0.25, 0.3) is 0 Å². The molecule has 1 aromatic carbocycles. The molecule has 7 nitrogen and oxygen atoms in total. The summed E-state index contributed by atoms with van der Waals surface area (Å²) in [7, 11) is 0. The predicted octanol–water partition coefficient (Wildman–Crippen LogP) is 3.69. The Balaban J connectivity index is 1.56. The molecule has 2 aliphatic rings. The Hall–Kier alpha value is -2.09. The molecular weight excluding hydrogens is 399 g/mol. The molecule has 3 aromatic rings. The van der Waals surface area contributed by atoms with E-state index in [1.807, 2.05) is 12.1 Å². The lowest BCUT2D eigenvalue weighted by atomic mass is 9.78. The monoisotopic (exact) mass is 418 g/mol. The SMILES string of the molecule is Nc1nc(N2CCC3(CCOC3)CC2)c2ncnn2c1-c1cccc(Cl)c1Cl. The Morgan fingerprint density at radius 2 is 1.96 bits per heavy atom. The lowest BCUT2D eigenvalue weighted by molar-refractivity contribution is 0.133. The minimum Gasteiger partial charge on any atom is -0.382 e. The van der Waals surface area contributed by atoms with Gasteiger partial charge in [0.05, 0.1) is 16.7 Å². The molecule has 2 aromatic heterocycles. The number of fused-ring (bicyclic) bond motifs is 1. The molecule has 2 aliphatic heterocycles. The van der Waals surface area contributed by atoms with Crippen molar-refractivity contribution in [3.63, 3.8) is 0 Å². The second-order valence-electron chi connectivity index (χ2n) is 7.56. The smallest absolute Gasteiger partial charge is 0.199 e. The van der Waals surface area contributed by atoms with Crippen molar-refractivity contribution in [3.05, 3.63) is 34.6 Å². The van der Waals surface area contributed by atoms with Gasteiger partial charge in [-0.2, -0.15) is 5.10 Å². The lowest BCUT2D eigenvalue weighted by Crippen LogP contribution is -2.41. The van der Waals surface area contributed by atoms with Crippen LogP contribution >= 0.6 is 23.2 Å². The van der Waals surface area contributed by atoms with Crippen LogP contribution in [0.25, 0.3) is 16.9 Å². The van der Waals surface area contributed by atoms with Gasteiger partial charge in [-0.3, -0.25) is 0 Å². The molecule has 0 saturated carbocycles. The van der Waals surface area contributed by atoms with Gasteiger partial charge in [0.15, 0.2) is 17.3 Å². The number of benzene rings is 1. The maximum atomic E-state index is 6.43. The zero-order valence-corrected chi connectivity index (χ0v) is 16.7. The summed E-state index contributed by atoms with van der Waals surface area (Å²) in [5, 5.41) is 5.26. The quantitative estimate of drug-likeness (QED) is 0.683. The minimum absolute atomic E-state index is 0.320. The molecule has 2 saturated heterocycles. The molecule has 0 aliphatic carbocycles. The first-order chi connectivity index (χ1) is 13.6. The molecule has 0 radical (unpaired) electrons. The third-order valence-electron chi connectivity index (χ3n) is 5.94. The van der Waals surface area contributed by atoms with E-state index in [0.29, 0.717) is 38.2 Å². The minimum atomic E-state index is 0.320. The van der Waals surface area contributed by atoms with Gasteiger partial charge >= 0.3 is 0 Å². The van der Waals surface area contributed by atoms with E-state index in [9.17, 15) is 0 Å². The number of halogens is 2. The van der Waals surface area contributed by atoms with Gasteiger partial charge in [0.1, 0.15) is 12.0 Å². The van der Waals surface area contributed by atoms with Crippen molar-refractivity contribution in [1.82, 2.24) is 19.6 Å². The van der Waals surface area contributed by atoms with Crippen molar-refractivity contribution in [2.24, 2.45) is 5.41 Å². The molecule has 9 heteroatoms. The van der Waals surface area contributed by atoms with E-state index in [-0.39, 0.29) is 0 Å². The van der Waals surface area contributed by atoms with Gasteiger partial charge in [-0.15, -0.1) is 0 Å². The topological polar surface area (TPSA) is 81.6 Å². The molecule has 28 heavy (non-hydrogen) atoms. The summed E-state index contributed by atoms with van der Waals surface area (Å²) in [4.78, 5) is 11.4. The number of nitrogens with two attached hydrogens (primary N) is 1. The van der Waals surface area contributed by atoms with Crippen LogP contribution in [0.1, 0.15) is 19.3 Å². The first-order valence-electron chi connectivity index (χ1n) is 9.34. The first kappa shape index (κ1) is 18.0. The summed E-state index contributed by atoms with van der Waals surface area (Å²) in [6.45, 7) is 3.53. The fraction of sp³-hybridized carbons (Fsp3) is 0.421. The van der Waals surface area contributed by atoms with E-state index in [2.05, 4.69) is 15.0 Å². The van der Waals surface area contributed by atoms with Crippen molar-refractivity contribution < 1.29 is 4.74 Å². The maximum Gasteiger partial charge on any atom is 0.199 e. The highest BCUT2D eigenvalue weighted by molar-refractivity contribution is 6.43. The summed E-state index contributed by atoms with van der Waals surface area (Å²) in [6, 6.07) is 5.42. The van der Waals surface area contributed by atoms with Gasteiger partial charge in [0, 0.05) is 25.3 Å². The molecular formula is C19H20Cl2N6O. The van der Waals surface area contributed by atoms with Gasteiger partial charge in [-0.25, -0.2) is 14.5 Å². The van der Waals surface area contributed by atoms with E-state index >= 15 is 0 Å². The fourth-order valence-corrected chi connectivity index (χ4v) is 4.66. The number of hydrogen-bond donors (Lipinski definition) is 1. The molecule has 1 spiro atoms. The van der Waals surface area contributed by atoms with Crippen molar-refractivity contribution in [2.45, 2.75) is 19.3 Å². The highest BCUT2D eigenvalue weighted by atomic mass is 35.5. The average Bonchev–Trinajstić information content (AvgIpc) is 3.35. The second-order valence-corrected chi connectivity index (χ2v) is 8.34. The molecule has 2 N–H and O–H groups in total.